The number of nitrogens with one attached hydrogen (secondary N) is 1. The Hall–Kier alpha value is -1.04. The summed E-state index contributed by atoms with van der Waals surface area (Å²) in [6, 6.07) is 5.39. The van der Waals surface area contributed by atoms with Crippen molar-refractivity contribution in [1.29, 1.82) is 0 Å². The molecule has 1 unspecified atom stereocenters. The van der Waals surface area contributed by atoms with Gasteiger partial charge in [-0.3, -0.25) is 0 Å². The van der Waals surface area contributed by atoms with E-state index in [9.17, 15) is 4.39 Å². The quantitative estimate of drug-likeness (QED) is 0.773. The Balaban J connectivity index is 2.68. The van der Waals surface area contributed by atoms with Crippen molar-refractivity contribution in [3.63, 3.8) is 0 Å². The molecule has 0 amide bonds. The molecule has 0 spiro atoms. The van der Waals surface area contributed by atoms with Crippen LogP contribution in [0, 0.1) is 17.7 Å². The Morgan fingerprint density at radius 3 is 2.89 bits per heavy atom. The van der Waals surface area contributed by atoms with Crippen molar-refractivity contribution >= 4 is 11.6 Å². The SMILES string of the molecule is CC#CCCC(Cc1cccc(Cl)c1F)NCC. The van der Waals surface area contributed by atoms with Gasteiger partial charge in [0, 0.05) is 12.5 Å². The number of benzene rings is 1. The fraction of sp³-hybridized carbons (Fsp3) is 0.467. The highest BCUT2D eigenvalue weighted by Crippen LogP contribution is 2.19. The molecule has 18 heavy (non-hydrogen) atoms. The summed E-state index contributed by atoms with van der Waals surface area (Å²) in [7, 11) is 0. The normalized spacial score (nSPS) is 11.8. The minimum Gasteiger partial charge on any atom is -0.314 e. The smallest absolute Gasteiger partial charge is 0.145 e. The molecule has 0 aliphatic heterocycles. The van der Waals surface area contributed by atoms with E-state index in [0.29, 0.717) is 12.0 Å². The minimum absolute atomic E-state index is 0.191. The van der Waals surface area contributed by atoms with E-state index >= 15 is 0 Å². The van der Waals surface area contributed by atoms with Crippen molar-refractivity contribution in [2.24, 2.45) is 0 Å². The lowest BCUT2D eigenvalue weighted by atomic mass is 10.0. The molecule has 0 aliphatic rings. The van der Waals surface area contributed by atoms with E-state index in [1.807, 2.05) is 13.8 Å². The predicted octanol–water partition coefficient (Wildman–Crippen LogP) is 3.80. The maximum atomic E-state index is 13.8. The van der Waals surface area contributed by atoms with E-state index in [2.05, 4.69) is 17.2 Å². The monoisotopic (exact) mass is 267 g/mol. The molecule has 0 bridgehead atoms. The molecule has 1 aromatic carbocycles. The summed E-state index contributed by atoms with van der Waals surface area (Å²) in [4.78, 5) is 0. The van der Waals surface area contributed by atoms with Gasteiger partial charge in [0.1, 0.15) is 5.82 Å². The Morgan fingerprint density at radius 2 is 2.22 bits per heavy atom. The van der Waals surface area contributed by atoms with Gasteiger partial charge in [0.2, 0.25) is 0 Å². The summed E-state index contributed by atoms with van der Waals surface area (Å²) in [6.45, 7) is 4.75. The lowest BCUT2D eigenvalue weighted by molar-refractivity contribution is 0.485. The molecule has 0 fully saturated rings. The summed E-state index contributed by atoms with van der Waals surface area (Å²) in [6.07, 6.45) is 2.39. The van der Waals surface area contributed by atoms with Crippen LogP contribution in [0.2, 0.25) is 5.02 Å². The number of hydrogen-bond acceptors (Lipinski definition) is 1. The third kappa shape index (κ3) is 4.68. The third-order valence-corrected chi connectivity index (χ3v) is 3.08. The van der Waals surface area contributed by atoms with Gasteiger partial charge in [0.15, 0.2) is 0 Å². The van der Waals surface area contributed by atoms with Crippen LogP contribution >= 0.6 is 11.6 Å². The average Bonchev–Trinajstić information content (AvgIpc) is 2.35. The van der Waals surface area contributed by atoms with Crippen LogP contribution in [-0.4, -0.2) is 12.6 Å². The van der Waals surface area contributed by atoms with Gasteiger partial charge in [-0.25, -0.2) is 4.39 Å². The molecule has 1 nitrogen and oxygen atoms in total. The second-order valence-electron chi connectivity index (χ2n) is 4.14. The molecular weight excluding hydrogens is 249 g/mol. The maximum absolute atomic E-state index is 13.8. The van der Waals surface area contributed by atoms with Crippen molar-refractivity contribution < 1.29 is 4.39 Å². The maximum Gasteiger partial charge on any atom is 0.145 e. The lowest BCUT2D eigenvalue weighted by Crippen LogP contribution is -2.31. The third-order valence-electron chi connectivity index (χ3n) is 2.79. The van der Waals surface area contributed by atoms with Gasteiger partial charge >= 0.3 is 0 Å². The van der Waals surface area contributed by atoms with Crippen LogP contribution in [0.5, 0.6) is 0 Å². The van der Waals surface area contributed by atoms with Crippen LogP contribution in [-0.2, 0) is 6.42 Å². The van der Waals surface area contributed by atoms with Crippen molar-refractivity contribution in [3.8, 4) is 11.8 Å². The van der Waals surface area contributed by atoms with E-state index in [1.165, 1.54) is 0 Å². The Kier molecular flexibility index (Phi) is 6.78. The van der Waals surface area contributed by atoms with E-state index in [4.69, 9.17) is 11.6 Å². The highest BCUT2D eigenvalue weighted by atomic mass is 35.5. The first-order valence-corrected chi connectivity index (χ1v) is 6.62. The van der Waals surface area contributed by atoms with Gasteiger partial charge in [0.05, 0.1) is 5.02 Å². The Morgan fingerprint density at radius 1 is 1.44 bits per heavy atom. The van der Waals surface area contributed by atoms with Crippen LogP contribution < -0.4 is 5.32 Å². The zero-order valence-corrected chi connectivity index (χ0v) is 11.6. The largest absolute Gasteiger partial charge is 0.314 e. The van der Waals surface area contributed by atoms with Crippen molar-refractivity contribution in [2.45, 2.75) is 39.2 Å². The van der Waals surface area contributed by atoms with Crippen LogP contribution in [0.4, 0.5) is 4.39 Å². The predicted molar refractivity (Wildman–Crippen MR) is 75.3 cm³/mol. The number of hydrogen-bond donors (Lipinski definition) is 1. The fourth-order valence-corrected chi connectivity index (χ4v) is 2.10. The summed E-state index contributed by atoms with van der Waals surface area (Å²) in [5.41, 5.74) is 0.665. The Bertz CT molecular complexity index is 434. The van der Waals surface area contributed by atoms with E-state index < -0.39 is 0 Å². The zero-order valence-electron chi connectivity index (χ0n) is 10.9. The van der Waals surface area contributed by atoms with Gasteiger partial charge in [0.25, 0.3) is 0 Å². The molecule has 0 aromatic heterocycles. The summed E-state index contributed by atoms with van der Waals surface area (Å²) in [5, 5.41) is 3.55. The molecule has 0 saturated heterocycles. The molecule has 0 heterocycles. The molecular formula is C15H19ClFN. The van der Waals surface area contributed by atoms with Gasteiger partial charge in [-0.15, -0.1) is 11.8 Å². The van der Waals surface area contributed by atoms with Crippen molar-refractivity contribution in [3.05, 3.63) is 34.6 Å². The summed E-state index contributed by atoms with van der Waals surface area (Å²) >= 11 is 5.78. The molecule has 1 aromatic rings. The van der Waals surface area contributed by atoms with Crippen LogP contribution in [0.25, 0.3) is 0 Å². The average molecular weight is 268 g/mol. The van der Waals surface area contributed by atoms with Crippen molar-refractivity contribution in [1.82, 2.24) is 5.32 Å². The number of rotatable bonds is 6. The Labute approximate surface area is 114 Å². The second-order valence-corrected chi connectivity index (χ2v) is 4.54. The number of halogens is 2. The highest BCUT2D eigenvalue weighted by Gasteiger charge is 2.12. The topological polar surface area (TPSA) is 12.0 Å². The highest BCUT2D eigenvalue weighted by molar-refractivity contribution is 6.30. The first-order chi connectivity index (χ1) is 8.69. The van der Waals surface area contributed by atoms with Crippen LogP contribution in [0.3, 0.4) is 0 Å². The molecule has 1 rings (SSSR count). The van der Waals surface area contributed by atoms with Gasteiger partial charge in [-0.05, 0) is 37.9 Å². The molecule has 3 heteroatoms. The van der Waals surface area contributed by atoms with E-state index in [-0.39, 0.29) is 16.9 Å². The van der Waals surface area contributed by atoms with E-state index in [0.717, 1.165) is 19.4 Å². The molecule has 0 aliphatic carbocycles. The molecule has 1 N–H and O–H groups in total. The van der Waals surface area contributed by atoms with Crippen LogP contribution in [0.1, 0.15) is 32.3 Å². The first kappa shape index (κ1) is 15.0. The zero-order chi connectivity index (χ0) is 13.4. The fourth-order valence-electron chi connectivity index (χ4n) is 1.91. The first-order valence-electron chi connectivity index (χ1n) is 6.24. The minimum atomic E-state index is -0.302. The van der Waals surface area contributed by atoms with Gasteiger partial charge in [-0.1, -0.05) is 30.7 Å². The van der Waals surface area contributed by atoms with Crippen molar-refractivity contribution in [2.75, 3.05) is 6.54 Å². The molecule has 98 valence electrons. The summed E-state index contributed by atoms with van der Waals surface area (Å²) < 4.78 is 13.8. The lowest BCUT2D eigenvalue weighted by Gasteiger charge is -2.17. The van der Waals surface area contributed by atoms with E-state index in [1.54, 1.807) is 18.2 Å². The molecule has 1 atom stereocenters. The summed E-state index contributed by atoms with van der Waals surface area (Å²) in [5.74, 6) is 5.61. The standard InChI is InChI=1S/C15H19ClFN/c1-3-5-6-9-13(18-4-2)11-12-8-7-10-14(16)15(12)17/h7-8,10,13,18H,4,6,9,11H2,1-2H3. The van der Waals surface area contributed by atoms with Gasteiger partial charge < -0.3 is 5.32 Å². The number of likely N-dealkylation sites (N-methyl/N-ethyl adjacent to an activating group) is 1. The molecule has 0 radical (unpaired) electrons. The molecule has 0 saturated carbocycles. The second kappa shape index (κ2) is 8.13. The van der Waals surface area contributed by atoms with Gasteiger partial charge in [-0.2, -0.15) is 0 Å². The van der Waals surface area contributed by atoms with Crippen LogP contribution in [0.15, 0.2) is 18.2 Å².